The quantitative estimate of drug-likeness (QED) is 0.638. The highest BCUT2D eigenvalue weighted by atomic mass is 35.5. The number of rotatable bonds is 6. The van der Waals surface area contributed by atoms with Crippen molar-refractivity contribution in [2.45, 2.75) is 23.5 Å². The molecule has 7 nitrogen and oxygen atoms in total. The molecule has 0 spiro atoms. The molecule has 0 saturated carbocycles. The Bertz CT molecular complexity index is 1020. The van der Waals surface area contributed by atoms with E-state index in [-0.39, 0.29) is 34.4 Å². The van der Waals surface area contributed by atoms with E-state index in [0.717, 1.165) is 11.4 Å². The number of halogens is 2. The summed E-state index contributed by atoms with van der Waals surface area (Å²) in [7, 11) is -1.70. The van der Waals surface area contributed by atoms with Gasteiger partial charge in [0.25, 0.3) is 0 Å². The Morgan fingerprint density at radius 1 is 1.17 bits per heavy atom. The molecule has 2 aromatic carbocycles. The van der Waals surface area contributed by atoms with Crippen LogP contribution in [0.3, 0.4) is 0 Å². The number of hydrogen-bond donors (Lipinski definition) is 0. The number of benzene rings is 2. The van der Waals surface area contributed by atoms with Gasteiger partial charge in [0.1, 0.15) is 22.8 Å². The van der Waals surface area contributed by atoms with Gasteiger partial charge in [-0.2, -0.15) is 4.31 Å². The highest BCUT2D eigenvalue weighted by Crippen LogP contribution is 2.35. The zero-order valence-electron chi connectivity index (χ0n) is 15.7. The highest BCUT2D eigenvalue weighted by molar-refractivity contribution is 7.89. The zero-order valence-corrected chi connectivity index (χ0v) is 17.2. The maximum Gasteiger partial charge on any atom is 0.324 e. The molecular weight excluding hydrogens is 425 g/mol. The van der Waals surface area contributed by atoms with E-state index < -0.39 is 34.0 Å². The van der Waals surface area contributed by atoms with Gasteiger partial charge in [0.15, 0.2) is 11.6 Å². The Kier molecular flexibility index (Phi) is 6.30. The Hall–Kier alpha value is -2.36. The summed E-state index contributed by atoms with van der Waals surface area (Å²) in [5, 5.41) is 0.192. The van der Waals surface area contributed by atoms with E-state index >= 15 is 0 Å². The Labute approximate surface area is 173 Å². The van der Waals surface area contributed by atoms with Gasteiger partial charge in [0.05, 0.1) is 20.8 Å². The SMILES string of the molecule is COC(=O)[C@H]1C[C@@H](Oc2ccccc2F)CN1S(=O)(=O)c1cc(Cl)ccc1OC. The summed E-state index contributed by atoms with van der Waals surface area (Å²) < 4.78 is 57.1. The second-order valence-electron chi connectivity index (χ2n) is 6.31. The summed E-state index contributed by atoms with van der Waals surface area (Å²) in [6, 6.07) is 8.79. The van der Waals surface area contributed by atoms with Gasteiger partial charge in [-0.3, -0.25) is 4.79 Å². The predicted molar refractivity (Wildman–Crippen MR) is 103 cm³/mol. The minimum atomic E-state index is -4.19. The maximum absolute atomic E-state index is 13.9. The molecule has 0 aliphatic carbocycles. The number of esters is 1. The van der Waals surface area contributed by atoms with Crippen LogP contribution in [0.15, 0.2) is 47.4 Å². The summed E-state index contributed by atoms with van der Waals surface area (Å²) in [6.07, 6.45) is -0.751. The van der Waals surface area contributed by atoms with Crippen LogP contribution in [0, 0.1) is 5.82 Å². The van der Waals surface area contributed by atoms with Crippen molar-refractivity contribution in [2.75, 3.05) is 20.8 Å². The lowest BCUT2D eigenvalue weighted by atomic mass is 10.2. The summed E-state index contributed by atoms with van der Waals surface area (Å²) in [5.74, 6) is -1.27. The van der Waals surface area contributed by atoms with Gasteiger partial charge < -0.3 is 14.2 Å². The number of carbonyl (C=O) groups excluding carboxylic acids is 1. The second-order valence-corrected chi connectivity index (χ2v) is 8.61. The van der Waals surface area contributed by atoms with Crippen molar-refractivity contribution in [3.63, 3.8) is 0 Å². The van der Waals surface area contributed by atoms with Crippen LogP contribution in [0.4, 0.5) is 4.39 Å². The van der Waals surface area contributed by atoms with Crippen molar-refractivity contribution in [1.82, 2.24) is 4.31 Å². The molecule has 2 atom stereocenters. The minimum Gasteiger partial charge on any atom is -0.495 e. The average molecular weight is 444 g/mol. The van der Waals surface area contributed by atoms with Gasteiger partial charge in [0, 0.05) is 11.4 Å². The molecule has 0 aromatic heterocycles. The zero-order chi connectivity index (χ0) is 21.2. The average Bonchev–Trinajstić information content (AvgIpc) is 3.14. The molecule has 0 N–H and O–H groups in total. The standard InChI is InChI=1S/C19H19ClFNO6S/c1-26-17-8-7-12(20)9-18(17)29(24,25)22-11-13(10-15(22)19(23)27-2)28-16-6-4-3-5-14(16)21/h3-9,13,15H,10-11H2,1-2H3/t13-,15-/m1/s1. The van der Waals surface area contributed by atoms with E-state index in [9.17, 15) is 17.6 Å². The summed E-state index contributed by atoms with van der Waals surface area (Å²) >= 11 is 5.97. The third-order valence-electron chi connectivity index (χ3n) is 4.53. The molecule has 0 unspecified atom stereocenters. The fraction of sp³-hybridized carbons (Fsp3) is 0.316. The molecule has 3 rings (SSSR count). The number of ether oxygens (including phenoxy) is 3. The predicted octanol–water partition coefficient (Wildman–Crippen LogP) is 2.87. The first kappa shape index (κ1) is 21.4. The van der Waals surface area contributed by atoms with E-state index in [0.29, 0.717) is 0 Å². The van der Waals surface area contributed by atoms with Crippen molar-refractivity contribution in [2.24, 2.45) is 0 Å². The molecule has 1 aliphatic rings. The normalized spacial score (nSPS) is 19.7. The number of hydrogen-bond acceptors (Lipinski definition) is 6. The summed E-state index contributed by atoms with van der Waals surface area (Å²) in [4.78, 5) is 12.1. The third-order valence-corrected chi connectivity index (χ3v) is 6.66. The fourth-order valence-corrected chi connectivity index (χ4v) is 5.21. The molecule has 1 saturated heterocycles. The largest absolute Gasteiger partial charge is 0.495 e. The molecule has 0 amide bonds. The van der Waals surface area contributed by atoms with Gasteiger partial charge in [-0.25, -0.2) is 12.8 Å². The van der Waals surface area contributed by atoms with Gasteiger partial charge in [-0.05, 0) is 30.3 Å². The van der Waals surface area contributed by atoms with Crippen molar-refractivity contribution in [1.29, 1.82) is 0 Å². The van der Waals surface area contributed by atoms with E-state index in [2.05, 4.69) is 0 Å². The van der Waals surface area contributed by atoms with Crippen molar-refractivity contribution in [3.8, 4) is 11.5 Å². The Balaban J connectivity index is 1.96. The molecule has 1 fully saturated rings. The van der Waals surface area contributed by atoms with Crippen molar-refractivity contribution < 1.29 is 31.8 Å². The van der Waals surface area contributed by atoms with Crippen LogP contribution in [-0.2, 0) is 19.6 Å². The molecule has 1 heterocycles. The molecule has 29 heavy (non-hydrogen) atoms. The van der Waals surface area contributed by atoms with Crippen LogP contribution >= 0.6 is 11.6 Å². The number of sulfonamides is 1. The molecule has 2 aromatic rings. The highest BCUT2D eigenvalue weighted by Gasteiger charge is 2.46. The van der Waals surface area contributed by atoms with E-state index in [1.807, 2.05) is 0 Å². The number of para-hydroxylation sites is 1. The number of carbonyl (C=O) groups is 1. The first-order valence-electron chi connectivity index (χ1n) is 8.62. The van der Waals surface area contributed by atoms with Crippen LogP contribution in [0.25, 0.3) is 0 Å². The lowest BCUT2D eigenvalue weighted by molar-refractivity contribution is -0.144. The van der Waals surface area contributed by atoms with E-state index in [1.54, 1.807) is 6.07 Å². The molecule has 10 heteroatoms. The lowest BCUT2D eigenvalue weighted by Gasteiger charge is -2.23. The lowest BCUT2D eigenvalue weighted by Crippen LogP contribution is -2.41. The van der Waals surface area contributed by atoms with E-state index in [4.69, 9.17) is 25.8 Å². The summed E-state index contributed by atoms with van der Waals surface area (Å²) in [5.41, 5.74) is 0. The number of methoxy groups -OCH3 is 2. The molecular formula is C19H19ClFNO6S. The van der Waals surface area contributed by atoms with Crippen LogP contribution < -0.4 is 9.47 Å². The first-order chi connectivity index (χ1) is 13.8. The van der Waals surface area contributed by atoms with Gasteiger partial charge in [-0.15, -0.1) is 0 Å². The number of nitrogens with zero attached hydrogens (tertiary/aromatic N) is 1. The van der Waals surface area contributed by atoms with E-state index in [1.165, 1.54) is 43.5 Å². The topological polar surface area (TPSA) is 82.1 Å². The second kappa shape index (κ2) is 8.56. The Morgan fingerprint density at radius 3 is 2.55 bits per heavy atom. The van der Waals surface area contributed by atoms with Gasteiger partial charge in [-0.1, -0.05) is 23.7 Å². The van der Waals surface area contributed by atoms with Gasteiger partial charge >= 0.3 is 5.97 Å². The fourth-order valence-electron chi connectivity index (χ4n) is 3.17. The smallest absolute Gasteiger partial charge is 0.324 e. The maximum atomic E-state index is 13.9. The summed E-state index contributed by atoms with van der Waals surface area (Å²) in [6.45, 7) is -0.175. The molecule has 0 bridgehead atoms. The van der Waals surface area contributed by atoms with Crippen LogP contribution in [-0.4, -0.2) is 51.6 Å². The van der Waals surface area contributed by atoms with Crippen LogP contribution in [0.5, 0.6) is 11.5 Å². The van der Waals surface area contributed by atoms with Crippen molar-refractivity contribution in [3.05, 3.63) is 53.3 Å². The minimum absolute atomic E-state index is 0.00309. The Morgan fingerprint density at radius 2 is 1.90 bits per heavy atom. The van der Waals surface area contributed by atoms with Crippen molar-refractivity contribution >= 4 is 27.6 Å². The van der Waals surface area contributed by atoms with Gasteiger partial charge in [0.2, 0.25) is 10.0 Å². The third kappa shape index (κ3) is 4.31. The van der Waals surface area contributed by atoms with Crippen LogP contribution in [0.2, 0.25) is 5.02 Å². The molecule has 1 aliphatic heterocycles. The first-order valence-corrected chi connectivity index (χ1v) is 10.4. The van der Waals surface area contributed by atoms with Crippen LogP contribution in [0.1, 0.15) is 6.42 Å². The molecule has 0 radical (unpaired) electrons. The molecule has 156 valence electrons. The monoisotopic (exact) mass is 443 g/mol.